The summed E-state index contributed by atoms with van der Waals surface area (Å²) in [5.74, 6) is 0.668. The number of nitrogens with zero attached hydrogens (tertiary/aromatic N) is 2. The highest BCUT2D eigenvalue weighted by atomic mass is 16.3. The maximum atomic E-state index is 7.05. The molecule has 10 rings (SSSR count). The normalized spacial score (nSPS) is 11.6. The molecular weight excluding hydrogens is 633 g/mol. The molecule has 0 atom stereocenters. The van der Waals surface area contributed by atoms with Crippen molar-refractivity contribution in [3.8, 4) is 56.2 Å². The molecule has 0 saturated heterocycles. The number of rotatable bonds is 5. The Labute approximate surface area is 301 Å². The summed E-state index contributed by atoms with van der Waals surface area (Å²) in [6.45, 7) is 2.12. The van der Waals surface area contributed by atoms with Crippen LogP contribution in [0.25, 0.3) is 99.6 Å². The minimum absolute atomic E-state index is 0.668. The van der Waals surface area contributed by atoms with Gasteiger partial charge in [0.1, 0.15) is 11.2 Å². The number of benzene rings is 8. The van der Waals surface area contributed by atoms with Gasteiger partial charge in [0.2, 0.25) is 0 Å². The molecule has 0 saturated carbocycles. The number of hydrogen-bond acceptors (Lipinski definition) is 3. The average molecular weight is 665 g/mol. The molecule has 0 bridgehead atoms. The van der Waals surface area contributed by atoms with Crippen LogP contribution in [0.2, 0.25) is 0 Å². The summed E-state index contributed by atoms with van der Waals surface area (Å²) in [6.07, 6.45) is 0. The van der Waals surface area contributed by atoms with E-state index in [0.29, 0.717) is 5.82 Å². The molecule has 0 unspecified atom stereocenters. The number of furan rings is 1. The molecule has 3 heteroatoms. The summed E-state index contributed by atoms with van der Waals surface area (Å²) in [7, 11) is 0. The Bertz CT molecular complexity index is 2880. The van der Waals surface area contributed by atoms with Crippen LogP contribution in [0.15, 0.2) is 180 Å². The van der Waals surface area contributed by atoms with Gasteiger partial charge in [-0.05, 0) is 63.4 Å². The van der Waals surface area contributed by atoms with Crippen LogP contribution in [-0.4, -0.2) is 9.97 Å². The van der Waals surface area contributed by atoms with Crippen LogP contribution < -0.4 is 0 Å². The third-order valence-corrected chi connectivity index (χ3v) is 10.2. The molecule has 0 radical (unpaired) electrons. The van der Waals surface area contributed by atoms with E-state index in [1.54, 1.807) is 0 Å². The van der Waals surface area contributed by atoms with Gasteiger partial charge in [0, 0.05) is 38.6 Å². The van der Waals surface area contributed by atoms with Crippen molar-refractivity contribution >= 4 is 43.5 Å². The van der Waals surface area contributed by atoms with Crippen molar-refractivity contribution in [1.29, 1.82) is 0 Å². The van der Waals surface area contributed by atoms with Gasteiger partial charge >= 0.3 is 0 Å². The topological polar surface area (TPSA) is 38.9 Å². The highest BCUT2D eigenvalue weighted by molar-refractivity contribution is 6.24. The zero-order chi connectivity index (χ0) is 34.6. The summed E-state index contributed by atoms with van der Waals surface area (Å²) < 4.78 is 7.05. The van der Waals surface area contributed by atoms with E-state index in [1.807, 2.05) is 12.1 Å². The predicted octanol–water partition coefficient (Wildman–Crippen LogP) is 13.3. The second-order valence-electron chi connectivity index (χ2n) is 13.3. The van der Waals surface area contributed by atoms with Gasteiger partial charge in [-0.1, -0.05) is 158 Å². The lowest BCUT2D eigenvalue weighted by Crippen LogP contribution is -2.00. The molecule has 0 fully saturated rings. The van der Waals surface area contributed by atoms with Gasteiger partial charge in [-0.3, -0.25) is 0 Å². The van der Waals surface area contributed by atoms with Crippen molar-refractivity contribution in [3.05, 3.63) is 181 Å². The van der Waals surface area contributed by atoms with Gasteiger partial charge in [-0.2, -0.15) is 0 Å². The molecule has 0 amide bonds. The van der Waals surface area contributed by atoms with E-state index in [4.69, 9.17) is 14.4 Å². The summed E-state index contributed by atoms with van der Waals surface area (Å²) >= 11 is 0. The van der Waals surface area contributed by atoms with Crippen LogP contribution in [0, 0.1) is 6.92 Å². The minimum Gasteiger partial charge on any atom is -0.455 e. The van der Waals surface area contributed by atoms with Crippen molar-refractivity contribution in [2.24, 2.45) is 0 Å². The van der Waals surface area contributed by atoms with E-state index in [1.165, 1.54) is 10.8 Å². The van der Waals surface area contributed by atoms with Gasteiger partial charge in [-0.15, -0.1) is 0 Å². The van der Waals surface area contributed by atoms with Crippen LogP contribution in [-0.2, 0) is 0 Å². The van der Waals surface area contributed by atoms with Crippen molar-refractivity contribution in [1.82, 2.24) is 9.97 Å². The molecule has 8 aromatic carbocycles. The molecule has 0 aliphatic heterocycles. The molecule has 0 N–H and O–H groups in total. The molecule has 2 heterocycles. The van der Waals surface area contributed by atoms with Gasteiger partial charge in [0.05, 0.1) is 11.4 Å². The Kier molecular flexibility index (Phi) is 7.04. The van der Waals surface area contributed by atoms with E-state index in [9.17, 15) is 0 Å². The monoisotopic (exact) mass is 664 g/mol. The SMILES string of the molecule is Cc1c(-c2ccccc2)nc(-c2cc3oc4c(-c5cccc6ccccc56)cc(-c5ccccc5)cc4c3c3ccccc23)nc1-c1ccccc1. The molecule has 0 aliphatic rings. The van der Waals surface area contributed by atoms with E-state index in [0.717, 1.165) is 88.6 Å². The Morgan fingerprint density at radius 3 is 1.63 bits per heavy atom. The quantitative estimate of drug-likeness (QED) is 0.184. The average Bonchev–Trinajstić information content (AvgIpc) is 3.60. The smallest absolute Gasteiger partial charge is 0.161 e. The first kappa shape index (κ1) is 30.0. The zero-order valence-corrected chi connectivity index (χ0v) is 28.5. The maximum absolute atomic E-state index is 7.05. The maximum Gasteiger partial charge on any atom is 0.161 e. The predicted molar refractivity (Wildman–Crippen MR) is 216 cm³/mol. The van der Waals surface area contributed by atoms with Crippen molar-refractivity contribution in [3.63, 3.8) is 0 Å². The number of fused-ring (bicyclic) bond motifs is 6. The fraction of sp³-hybridized carbons (Fsp3) is 0.0204. The summed E-state index contributed by atoms with van der Waals surface area (Å²) in [4.78, 5) is 10.6. The van der Waals surface area contributed by atoms with Crippen LogP contribution >= 0.6 is 0 Å². The van der Waals surface area contributed by atoms with Gasteiger partial charge in [0.25, 0.3) is 0 Å². The van der Waals surface area contributed by atoms with Crippen LogP contribution in [0.3, 0.4) is 0 Å². The summed E-state index contributed by atoms with van der Waals surface area (Å²) in [5.41, 5.74) is 12.1. The van der Waals surface area contributed by atoms with E-state index >= 15 is 0 Å². The van der Waals surface area contributed by atoms with Crippen LogP contribution in [0.4, 0.5) is 0 Å². The molecule has 2 aromatic heterocycles. The van der Waals surface area contributed by atoms with Gasteiger partial charge in [-0.25, -0.2) is 9.97 Å². The Morgan fingerprint density at radius 1 is 0.404 bits per heavy atom. The molecule has 244 valence electrons. The van der Waals surface area contributed by atoms with E-state index < -0.39 is 0 Å². The van der Waals surface area contributed by atoms with Crippen molar-refractivity contribution < 1.29 is 4.42 Å². The summed E-state index contributed by atoms with van der Waals surface area (Å²) in [5, 5.41) is 6.75. The Balaban J connectivity index is 1.30. The standard InChI is InChI=1S/C49H32N2O/c1-31-46(34-19-7-3-8-20-34)50-49(51-47(31)35-21-9-4-10-22-35)42-30-44-45(40-26-14-13-25-39(40)42)43-29-36(32-16-5-2-6-17-32)28-41(48(43)52-44)38-27-15-23-33-18-11-12-24-37(33)38/h2-30H,1H3. The number of hydrogen-bond donors (Lipinski definition) is 0. The van der Waals surface area contributed by atoms with Crippen LogP contribution in [0.5, 0.6) is 0 Å². The van der Waals surface area contributed by atoms with Gasteiger partial charge < -0.3 is 4.42 Å². The summed E-state index contributed by atoms with van der Waals surface area (Å²) in [6, 6.07) is 61.8. The second kappa shape index (κ2) is 12.2. The first-order chi connectivity index (χ1) is 25.7. The molecule has 0 aliphatic carbocycles. The lowest BCUT2D eigenvalue weighted by Gasteiger charge is -2.15. The number of aromatic nitrogens is 2. The largest absolute Gasteiger partial charge is 0.455 e. The van der Waals surface area contributed by atoms with Crippen LogP contribution in [0.1, 0.15) is 5.56 Å². The highest BCUT2D eigenvalue weighted by Gasteiger charge is 2.22. The van der Waals surface area contributed by atoms with E-state index in [2.05, 4.69) is 171 Å². The highest BCUT2D eigenvalue weighted by Crippen LogP contribution is 2.45. The third kappa shape index (κ3) is 4.90. The zero-order valence-electron chi connectivity index (χ0n) is 28.5. The Morgan fingerprint density at radius 2 is 0.962 bits per heavy atom. The fourth-order valence-corrected chi connectivity index (χ4v) is 7.78. The first-order valence-electron chi connectivity index (χ1n) is 17.7. The van der Waals surface area contributed by atoms with Crippen molar-refractivity contribution in [2.75, 3.05) is 0 Å². The Hall–Kier alpha value is -6.84. The third-order valence-electron chi connectivity index (χ3n) is 10.2. The van der Waals surface area contributed by atoms with E-state index in [-0.39, 0.29) is 0 Å². The lowest BCUT2D eigenvalue weighted by atomic mass is 9.92. The molecule has 10 aromatic rings. The minimum atomic E-state index is 0.668. The van der Waals surface area contributed by atoms with Crippen molar-refractivity contribution in [2.45, 2.75) is 6.92 Å². The first-order valence-corrected chi connectivity index (χ1v) is 17.7. The molecule has 52 heavy (non-hydrogen) atoms. The lowest BCUT2D eigenvalue weighted by molar-refractivity contribution is 0.670. The second-order valence-corrected chi connectivity index (χ2v) is 13.3. The molecule has 0 spiro atoms. The fourth-order valence-electron chi connectivity index (χ4n) is 7.78. The molecule has 3 nitrogen and oxygen atoms in total. The molecular formula is C49H32N2O. The van der Waals surface area contributed by atoms with Gasteiger partial charge in [0.15, 0.2) is 5.82 Å².